The van der Waals surface area contributed by atoms with Crippen LogP contribution in [0.2, 0.25) is 0 Å². The molecule has 0 radical (unpaired) electrons. The number of carbonyl (C=O) groups is 1. The van der Waals surface area contributed by atoms with E-state index in [1.807, 2.05) is 37.3 Å². The summed E-state index contributed by atoms with van der Waals surface area (Å²) >= 11 is 1.44. The molecule has 0 aliphatic heterocycles. The van der Waals surface area contributed by atoms with E-state index in [1.165, 1.54) is 43.2 Å². The average molecular weight is 483 g/mol. The molecule has 1 heterocycles. The maximum atomic E-state index is 13.5. The molecule has 0 saturated heterocycles. The van der Waals surface area contributed by atoms with Gasteiger partial charge in [0.15, 0.2) is 11.0 Å². The molecule has 180 valence electrons. The van der Waals surface area contributed by atoms with Gasteiger partial charge in [0, 0.05) is 25.2 Å². The van der Waals surface area contributed by atoms with E-state index in [2.05, 4.69) is 14.8 Å². The number of hydrogen-bond acceptors (Lipinski definition) is 5. The summed E-state index contributed by atoms with van der Waals surface area (Å²) in [5.74, 6) is 1.29. The Morgan fingerprint density at radius 1 is 1.18 bits per heavy atom. The molecule has 4 rings (SSSR count). The zero-order valence-corrected chi connectivity index (χ0v) is 20.7. The number of ether oxygens (including phenoxy) is 1. The van der Waals surface area contributed by atoms with Gasteiger partial charge in [0.05, 0.1) is 12.4 Å². The Balaban J connectivity index is 1.55. The van der Waals surface area contributed by atoms with E-state index in [0.29, 0.717) is 12.6 Å². The summed E-state index contributed by atoms with van der Waals surface area (Å²) < 4.78 is 21.1. The van der Waals surface area contributed by atoms with Crippen LogP contribution in [0.15, 0.2) is 53.7 Å². The zero-order valence-electron chi connectivity index (χ0n) is 19.9. The molecule has 1 aromatic heterocycles. The first-order valence-electron chi connectivity index (χ1n) is 11.7. The van der Waals surface area contributed by atoms with Crippen LogP contribution >= 0.6 is 11.8 Å². The van der Waals surface area contributed by atoms with Gasteiger partial charge in [0.25, 0.3) is 0 Å². The van der Waals surface area contributed by atoms with Crippen LogP contribution in [0.1, 0.15) is 50.6 Å². The van der Waals surface area contributed by atoms with Crippen LogP contribution in [-0.4, -0.2) is 45.0 Å². The second-order valence-corrected chi connectivity index (χ2v) is 10.1. The van der Waals surface area contributed by atoms with E-state index in [1.54, 1.807) is 25.1 Å². The van der Waals surface area contributed by atoms with E-state index in [4.69, 9.17) is 4.74 Å². The van der Waals surface area contributed by atoms with Crippen LogP contribution in [0, 0.1) is 5.82 Å². The number of carbonyl (C=O) groups excluding carboxylic acids is 1. The Bertz CT molecular complexity index is 1110. The third-order valence-electron chi connectivity index (χ3n) is 6.27. The van der Waals surface area contributed by atoms with Crippen molar-refractivity contribution in [3.63, 3.8) is 0 Å². The first kappa shape index (κ1) is 24.3. The van der Waals surface area contributed by atoms with Crippen LogP contribution in [0.25, 0.3) is 11.4 Å². The van der Waals surface area contributed by atoms with Gasteiger partial charge in [-0.1, -0.05) is 43.2 Å². The van der Waals surface area contributed by atoms with Gasteiger partial charge >= 0.3 is 0 Å². The van der Waals surface area contributed by atoms with Gasteiger partial charge in [0.2, 0.25) is 5.91 Å². The van der Waals surface area contributed by atoms with Gasteiger partial charge in [-0.15, -0.1) is 10.2 Å². The van der Waals surface area contributed by atoms with Gasteiger partial charge in [0.1, 0.15) is 11.6 Å². The van der Waals surface area contributed by atoms with E-state index in [0.717, 1.165) is 40.7 Å². The Kier molecular flexibility index (Phi) is 7.88. The molecule has 1 aliphatic carbocycles. The number of methoxy groups -OCH3 is 1. The minimum absolute atomic E-state index is 0.0292. The van der Waals surface area contributed by atoms with Crippen molar-refractivity contribution in [2.24, 2.45) is 0 Å². The predicted octanol–water partition coefficient (Wildman–Crippen LogP) is 5.74. The maximum Gasteiger partial charge on any atom is 0.235 e. The van der Waals surface area contributed by atoms with E-state index < -0.39 is 0 Å². The second-order valence-electron chi connectivity index (χ2n) is 8.78. The molecule has 3 aromatic rings. The topological polar surface area (TPSA) is 60.3 Å². The highest BCUT2D eigenvalue weighted by molar-refractivity contribution is 8.00. The molecule has 6 nitrogen and oxygen atoms in total. The van der Waals surface area contributed by atoms with Gasteiger partial charge in [-0.2, -0.15) is 0 Å². The molecule has 1 unspecified atom stereocenters. The van der Waals surface area contributed by atoms with E-state index in [-0.39, 0.29) is 17.0 Å². The quantitative estimate of drug-likeness (QED) is 0.383. The van der Waals surface area contributed by atoms with Crippen LogP contribution < -0.4 is 4.74 Å². The lowest BCUT2D eigenvalue weighted by molar-refractivity contribution is -0.129. The van der Waals surface area contributed by atoms with Crippen LogP contribution in [0.5, 0.6) is 5.75 Å². The lowest BCUT2D eigenvalue weighted by atomic mass is 9.95. The van der Waals surface area contributed by atoms with Crippen molar-refractivity contribution in [3.05, 3.63) is 59.9 Å². The largest absolute Gasteiger partial charge is 0.497 e. The number of thioether (sulfide) groups is 1. The molecule has 1 saturated carbocycles. The number of rotatable bonds is 8. The zero-order chi connectivity index (χ0) is 24.1. The Labute approximate surface area is 204 Å². The molecule has 34 heavy (non-hydrogen) atoms. The highest BCUT2D eigenvalue weighted by Gasteiger charge is 2.27. The van der Waals surface area contributed by atoms with Crippen LogP contribution in [0.3, 0.4) is 0 Å². The number of halogens is 1. The van der Waals surface area contributed by atoms with Gasteiger partial charge in [-0.05, 0) is 61.7 Å². The summed E-state index contributed by atoms with van der Waals surface area (Å²) in [7, 11) is 3.40. The molecule has 0 N–H and O–H groups in total. The SMILES string of the molecule is COc1ccc(-c2nnc(SC(C)C(=O)N(C)Cc3cccc(F)c3)n2C2CCCCC2)cc1. The van der Waals surface area contributed by atoms with Crippen molar-refractivity contribution >= 4 is 17.7 Å². The fraction of sp³-hybridized carbons (Fsp3) is 0.423. The number of benzene rings is 2. The van der Waals surface area contributed by atoms with Crippen LogP contribution in [-0.2, 0) is 11.3 Å². The summed E-state index contributed by atoms with van der Waals surface area (Å²) in [4.78, 5) is 14.7. The van der Waals surface area contributed by atoms with Crippen molar-refractivity contribution in [1.82, 2.24) is 19.7 Å². The standard InChI is InChI=1S/C26H31FN4O2S/c1-18(25(32)30(2)17-19-8-7-9-21(27)16-19)34-26-29-28-24(20-12-14-23(33-3)15-13-20)31(26)22-10-5-4-6-11-22/h7-9,12-16,18,22H,4-6,10-11,17H2,1-3H3. The lowest BCUT2D eigenvalue weighted by Crippen LogP contribution is -2.33. The molecular formula is C26H31FN4O2S. The first-order chi connectivity index (χ1) is 16.5. The number of hydrogen-bond donors (Lipinski definition) is 0. The normalized spacial score (nSPS) is 15.2. The Hall–Kier alpha value is -2.87. The molecule has 1 aliphatic rings. The fourth-order valence-corrected chi connectivity index (χ4v) is 5.50. The molecule has 0 bridgehead atoms. The Morgan fingerprint density at radius 3 is 2.59 bits per heavy atom. The smallest absolute Gasteiger partial charge is 0.235 e. The van der Waals surface area contributed by atoms with E-state index in [9.17, 15) is 9.18 Å². The Morgan fingerprint density at radius 2 is 1.91 bits per heavy atom. The third-order valence-corrected chi connectivity index (χ3v) is 7.31. The summed E-state index contributed by atoms with van der Waals surface area (Å²) in [5, 5.41) is 9.46. The average Bonchev–Trinajstić information content (AvgIpc) is 3.27. The monoisotopic (exact) mass is 482 g/mol. The summed E-state index contributed by atoms with van der Waals surface area (Å²) in [6.07, 6.45) is 5.77. The third kappa shape index (κ3) is 5.60. The minimum Gasteiger partial charge on any atom is -0.497 e. The molecular weight excluding hydrogens is 451 g/mol. The van der Waals surface area contributed by atoms with Crippen LogP contribution in [0.4, 0.5) is 4.39 Å². The maximum absolute atomic E-state index is 13.5. The fourth-order valence-electron chi connectivity index (χ4n) is 4.47. The molecule has 1 fully saturated rings. The van der Waals surface area contributed by atoms with Crippen molar-refractivity contribution < 1.29 is 13.9 Å². The minimum atomic E-state index is -0.353. The molecule has 1 amide bonds. The van der Waals surface area contributed by atoms with Crippen molar-refractivity contribution in [2.75, 3.05) is 14.2 Å². The number of nitrogens with zero attached hydrogens (tertiary/aromatic N) is 4. The molecule has 8 heteroatoms. The number of amides is 1. The lowest BCUT2D eigenvalue weighted by Gasteiger charge is -2.26. The van der Waals surface area contributed by atoms with E-state index >= 15 is 0 Å². The number of aromatic nitrogens is 3. The second kappa shape index (κ2) is 11.0. The first-order valence-corrected chi connectivity index (χ1v) is 12.6. The summed E-state index contributed by atoms with van der Waals surface area (Å²) in [6.45, 7) is 2.25. The van der Waals surface area contributed by atoms with Crippen molar-refractivity contribution in [2.45, 2.75) is 62.0 Å². The molecule has 1 atom stereocenters. The summed E-state index contributed by atoms with van der Waals surface area (Å²) in [6, 6.07) is 14.5. The van der Waals surface area contributed by atoms with Crippen molar-refractivity contribution in [3.8, 4) is 17.1 Å². The predicted molar refractivity (Wildman–Crippen MR) is 132 cm³/mol. The summed E-state index contributed by atoms with van der Waals surface area (Å²) in [5.41, 5.74) is 1.74. The van der Waals surface area contributed by atoms with Crippen molar-refractivity contribution in [1.29, 1.82) is 0 Å². The van der Waals surface area contributed by atoms with Gasteiger partial charge in [-0.25, -0.2) is 4.39 Å². The highest BCUT2D eigenvalue weighted by atomic mass is 32.2. The molecule has 0 spiro atoms. The molecule has 2 aromatic carbocycles. The van der Waals surface area contributed by atoms with Gasteiger partial charge in [-0.3, -0.25) is 9.36 Å². The highest BCUT2D eigenvalue weighted by Crippen LogP contribution is 2.37. The van der Waals surface area contributed by atoms with Gasteiger partial charge < -0.3 is 9.64 Å².